The fourth-order valence-corrected chi connectivity index (χ4v) is 5.78. The summed E-state index contributed by atoms with van der Waals surface area (Å²) in [4.78, 5) is 25.3. The number of nitrogens with one attached hydrogen (secondary N) is 2. The van der Waals surface area contributed by atoms with Gasteiger partial charge in [-0.1, -0.05) is 30.0 Å². The topological polar surface area (TPSA) is 90.9 Å². The van der Waals surface area contributed by atoms with Gasteiger partial charge in [-0.3, -0.25) is 14.5 Å². The summed E-state index contributed by atoms with van der Waals surface area (Å²) in [6.45, 7) is 3.36. The number of halogens is 1. The van der Waals surface area contributed by atoms with Crippen LogP contribution in [0, 0.1) is 5.82 Å². The van der Waals surface area contributed by atoms with Crippen LogP contribution in [0.3, 0.4) is 0 Å². The molecule has 0 aromatic heterocycles. The first kappa shape index (κ1) is 23.9. The van der Waals surface area contributed by atoms with Gasteiger partial charge in [0.15, 0.2) is 0 Å². The van der Waals surface area contributed by atoms with E-state index in [1.54, 1.807) is 11.5 Å². The minimum absolute atomic E-state index is 0.0382. The molecular weight excluding hydrogens is 465 g/mol. The number of carboxylic acids is 1. The molecule has 33 heavy (non-hydrogen) atoms. The standard InChI is InChI=1S/C23H26FN3O4S2/c24-18-4-3-16-7-15(1-2-17(16)8-18)11-27-5-6-31-20(12-27)10-25-21(28)14-33-23-26-19(13-32-23)9-22(29)30/h1-4,7-8,13,20,23,26H,5-6,9-12,14H2,(H,25,28)(H,29,30)/t20-,23?/m0/s1. The SMILES string of the molecule is O=C(O)CC1=CSC(SCC(=O)NC[C@H]2CN(Cc3ccc4cc(F)ccc4c3)CCO2)N1. The van der Waals surface area contributed by atoms with Crippen LogP contribution in [0.15, 0.2) is 47.5 Å². The molecule has 1 fully saturated rings. The number of carbonyl (C=O) groups excluding carboxylic acids is 1. The van der Waals surface area contributed by atoms with Gasteiger partial charge in [0.2, 0.25) is 5.91 Å². The molecule has 2 aliphatic heterocycles. The Bertz CT molecular complexity index is 1050. The van der Waals surface area contributed by atoms with Crippen molar-refractivity contribution in [2.45, 2.75) is 23.8 Å². The zero-order valence-corrected chi connectivity index (χ0v) is 19.6. The highest BCUT2D eigenvalue weighted by atomic mass is 32.2. The van der Waals surface area contributed by atoms with Gasteiger partial charge in [0.1, 0.15) is 10.5 Å². The highest BCUT2D eigenvalue weighted by Gasteiger charge is 2.23. The van der Waals surface area contributed by atoms with E-state index in [0.29, 0.717) is 18.8 Å². The number of benzene rings is 2. The molecule has 10 heteroatoms. The van der Waals surface area contributed by atoms with E-state index in [1.807, 2.05) is 12.1 Å². The van der Waals surface area contributed by atoms with Gasteiger partial charge in [-0.2, -0.15) is 0 Å². The number of aliphatic carboxylic acids is 1. The van der Waals surface area contributed by atoms with E-state index in [1.165, 1.54) is 35.7 Å². The molecule has 176 valence electrons. The average molecular weight is 492 g/mol. The van der Waals surface area contributed by atoms with Gasteiger partial charge in [0.25, 0.3) is 0 Å². The summed E-state index contributed by atoms with van der Waals surface area (Å²) in [5, 5.41) is 18.6. The highest BCUT2D eigenvalue weighted by molar-refractivity contribution is 8.18. The van der Waals surface area contributed by atoms with Crippen molar-refractivity contribution in [1.82, 2.24) is 15.5 Å². The van der Waals surface area contributed by atoms with E-state index in [-0.39, 0.29) is 34.7 Å². The number of ether oxygens (including phenoxy) is 1. The molecule has 1 unspecified atom stereocenters. The molecule has 0 bridgehead atoms. The monoisotopic (exact) mass is 491 g/mol. The largest absolute Gasteiger partial charge is 0.481 e. The third-order valence-electron chi connectivity index (χ3n) is 5.37. The third-order valence-corrected chi connectivity index (χ3v) is 7.74. The lowest BCUT2D eigenvalue weighted by Crippen LogP contribution is -2.47. The second-order valence-corrected chi connectivity index (χ2v) is 10.4. The maximum absolute atomic E-state index is 13.4. The number of morpholine rings is 1. The van der Waals surface area contributed by atoms with E-state index in [0.717, 1.165) is 36.0 Å². The first-order chi connectivity index (χ1) is 15.9. The summed E-state index contributed by atoms with van der Waals surface area (Å²) in [5.41, 5.74) is 1.83. The molecule has 3 N–H and O–H groups in total. The van der Waals surface area contributed by atoms with Crippen LogP contribution in [-0.2, 0) is 20.9 Å². The molecule has 2 aliphatic rings. The first-order valence-electron chi connectivity index (χ1n) is 10.7. The Morgan fingerprint density at radius 1 is 1.27 bits per heavy atom. The lowest BCUT2D eigenvalue weighted by atomic mass is 10.1. The highest BCUT2D eigenvalue weighted by Crippen LogP contribution is 2.30. The van der Waals surface area contributed by atoms with Crippen LogP contribution in [0.5, 0.6) is 0 Å². The van der Waals surface area contributed by atoms with Crippen molar-refractivity contribution in [2.75, 3.05) is 32.0 Å². The Morgan fingerprint density at radius 3 is 2.94 bits per heavy atom. The molecular formula is C23H26FN3O4S2. The third kappa shape index (κ3) is 7.10. The summed E-state index contributed by atoms with van der Waals surface area (Å²) < 4.78 is 19.2. The van der Waals surface area contributed by atoms with Gasteiger partial charge >= 0.3 is 5.97 Å². The van der Waals surface area contributed by atoms with Crippen molar-refractivity contribution < 1.29 is 23.8 Å². The maximum Gasteiger partial charge on any atom is 0.309 e. The molecule has 1 amide bonds. The van der Waals surface area contributed by atoms with Crippen molar-refractivity contribution in [3.63, 3.8) is 0 Å². The van der Waals surface area contributed by atoms with Crippen LogP contribution in [0.2, 0.25) is 0 Å². The van der Waals surface area contributed by atoms with Crippen LogP contribution in [0.1, 0.15) is 12.0 Å². The molecule has 0 radical (unpaired) electrons. The van der Waals surface area contributed by atoms with Gasteiger partial charge < -0.3 is 20.5 Å². The summed E-state index contributed by atoms with van der Waals surface area (Å²) in [6, 6.07) is 10.9. The van der Waals surface area contributed by atoms with Gasteiger partial charge in [-0.05, 0) is 39.9 Å². The molecule has 2 atom stereocenters. The Morgan fingerprint density at radius 2 is 2.09 bits per heavy atom. The Balaban J connectivity index is 1.18. The summed E-state index contributed by atoms with van der Waals surface area (Å²) in [7, 11) is 0. The fourth-order valence-electron chi connectivity index (χ4n) is 3.80. The number of thioether (sulfide) groups is 2. The van der Waals surface area contributed by atoms with E-state index >= 15 is 0 Å². The van der Waals surface area contributed by atoms with Crippen molar-refractivity contribution in [1.29, 1.82) is 0 Å². The second-order valence-electron chi connectivity index (χ2n) is 7.99. The van der Waals surface area contributed by atoms with Gasteiger partial charge in [-0.25, -0.2) is 4.39 Å². The van der Waals surface area contributed by atoms with Crippen molar-refractivity contribution in [3.8, 4) is 0 Å². The van der Waals surface area contributed by atoms with E-state index in [2.05, 4.69) is 21.6 Å². The van der Waals surface area contributed by atoms with Gasteiger partial charge in [0.05, 0.1) is 24.9 Å². The summed E-state index contributed by atoms with van der Waals surface area (Å²) in [6.07, 6.45) is -0.117. The average Bonchev–Trinajstić information content (AvgIpc) is 3.23. The molecule has 2 aromatic carbocycles. The number of nitrogens with zero attached hydrogens (tertiary/aromatic N) is 1. The van der Waals surface area contributed by atoms with E-state index in [9.17, 15) is 14.0 Å². The quantitative estimate of drug-likeness (QED) is 0.493. The normalized spacial score (nSPS) is 20.9. The number of fused-ring (bicyclic) bond motifs is 1. The molecule has 2 heterocycles. The molecule has 7 nitrogen and oxygen atoms in total. The van der Waals surface area contributed by atoms with Crippen molar-refractivity contribution in [2.24, 2.45) is 0 Å². The number of hydrogen-bond acceptors (Lipinski definition) is 7. The zero-order chi connectivity index (χ0) is 23.2. The van der Waals surface area contributed by atoms with Crippen LogP contribution in [-0.4, -0.2) is 64.7 Å². The molecule has 0 aliphatic carbocycles. The lowest BCUT2D eigenvalue weighted by molar-refractivity contribution is -0.136. The molecule has 1 saturated heterocycles. The minimum atomic E-state index is -0.879. The number of amides is 1. The Labute approximate surface area is 200 Å². The van der Waals surface area contributed by atoms with Crippen LogP contribution in [0.25, 0.3) is 10.8 Å². The van der Waals surface area contributed by atoms with Gasteiger partial charge in [0, 0.05) is 31.9 Å². The number of hydrogen-bond donors (Lipinski definition) is 3. The summed E-state index contributed by atoms with van der Waals surface area (Å²) in [5.74, 6) is -0.899. The Kier molecular flexibility index (Phi) is 8.13. The van der Waals surface area contributed by atoms with Crippen LogP contribution >= 0.6 is 23.5 Å². The van der Waals surface area contributed by atoms with Crippen LogP contribution < -0.4 is 10.6 Å². The lowest BCUT2D eigenvalue weighted by Gasteiger charge is -2.33. The first-order valence-corrected chi connectivity index (χ1v) is 12.7. The molecule has 4 rings (SSSR count). The smallest absolute Gasteiger partial charge is 0.309 e. The second kappa shape index (κ2) is 11.2. The fraction of sp³-hybridized carbons (Fsp3) is 0.391. The Hall–Kier alpha value is -2.27. The maximum atomic E-state index is 13.4. The van der Waals surface area contributed by atoms with Gasteiger partial charge in [-0.15, -0.1) is 11.8 Å². The van der Waals surface area contributed by atoms with Crippen LogP contribution in [0.4, 0.5) is 4.39 Å². The number of carbonyl (C=O) groups is 2. The number of carboxylic acid groups (broad SMARTS) is 1. The zero-order valence-electron chi connectivity index (χ0n) is 18.0. The van der Waals surface area contributed by atoms with Crippen molar-refractivity contribution in [3.05, 3.63) is 58.9 Å². The van der Waals surface area contributed by atoms with E-state index in [4.69, 9.17) is 9.84 Å². The van der Waals surface area contributed by atoms with Crippen molar-refractivity contribution >= 4 is 46.2 Å². The van der Waals surface area contributed by atoms with E-state index < -0.39 is 5.97 Å². The minimum Gasteiger partial charge on any atom is -0.481 e. The summed E-state index contributed by atoms with van der Waals surface area (Å²) >= 11 is 2.91. The molecule has 2 aromatic rings. The molecule has 0 spiro atoms. The molecule has 0 saturated carbocycles. The predicted octanol–water partition coefficient (Wildman–Crippen LogP) is 2.97. The number of rotatable bonds is 9. The predicted molar refractivity (Wildman–Crippen MR) is 129 cm³/mol.